The molecule has 1 amide bonds. The summed E-state index contributed by atoms with van der Waals surface area (Å²) in [5, 5.41) is 0. The molecule has 0 bridgehead atoms. The second kappa shape index (κ2) is 9.19. The molecule has 0 aliphatic carbocycles. The lowest BCUT2D eigenvalue weighted by molar-refractivity contribution is -0.162. The molecule has 1 rings (SSSR count). The highest BCUT2D eigenvalue weighted by Gasteiger charge is 2.52. The number of nitrogens with zero attached hydrogens (tertiary/aromatic N) is 1. The number of amides is 1. The first-order chi connectivity index (χ1) is 11.3. The van der Waals surface area contributed by atoms with E-state index in [9.17, 15) is 9.59 Å². The minimum absolute atomic E-state index is 0.0543. The van der Waals surface area contributed by atoms with Gasteiger partial charge in [-0.3, -0.25) is 4.90 Å². The van der Waals surface area contributed by atoms with Gasteiger partial charge < -0.3 is 23.7 Å². The van der Waals surface area contributed by atoms with Crippen LogP contribution in [0.15, 0.2) is 0 Å². The summed E-state index contributed by atoms with van der Waals surface area (Å²) >= 11 is 0. The molecule has 140 valence electrons. The molecule has 0 aromatic heterocycles. The van der Waals surface area contributed by atoms with Gasteiger partial charge in [0.25, 0.3) is 0 Å². The first kappa shape index (κ1) is 20.7. The zero-order valence-corrected chi connectivity index (χ0v) is 15.3. The second-order valence-corrected chi connectivity index (χ2v) is 6.49. The summed E-state index contributed by atoms with van der Waals surface area (Å²) in [6.45, 7) is 8.18. The highest BCUT2D eigenvalue weighted by molar-refractivity contribution is 5.86. The van der Waals surface area contributed by atoms with Gasteiger partial charge in [-0.2, -0.15) is 0 Å². The summed E-state index contributed by atoms with van der Waals surface area (Å²) in [5.41, 5.74) is -1.93. The monoisotopic (exact) mass is 347 g/mol. The quantitative estimate of drug-likeness (QED) is 0.374. The highest BCUT2D eigenvalue weighted by Crippen LogP contribution is 2.30. The Morgan fingerprint density at radius 2 is 1.96 bits per heavy atom. The van der Waals surface area contributed by atoms with E-state index >= 15 is 0 Å². The molecule has 0 N–H and O–H groups in total. The molecule has 1 atom stereocenters. The number of ether oxygens (including phenoxy) is 5. The van der Waals surface area contributed by atoms with Crippen LogP contribution in [0.2, 0.25) is 0 Å². The van der Waals surface area contributed by atoms with Crippen molar-refractivity contribution in [2.24, 2.45) is 0 Å². The molecule has 1 saturated heterocycles. The van der Waals surface area contributed by atoms with Gasteiger partial charge in [0.15, 0.2) is 5.54 Å². The third kappa shape index (κ3) is 5.61. The maximum atomic E-state index is 12.7. The van der Waals surface area contributed by atoms with Crippen LogP contribution in [0.25, 0.3) is 0 Å². The van der Waals surface area contributed by atoms with E-state index in [4.69, 9.17) is 23.7 Å². The van der Waals surface area contributed by atoms with Gasteiger partial charge in [-0.15, -0.1) is 0 Å². The van der Waals surface area contributed by atoms with Crippen molar-refractivity contribution in [2.75, 3.05) is 46.9 Å². The van der Waals surface area contributed by atoms with Crippen LogP contribution in [-0.2, 0) is 28.5 Å². The summed E-state index contributed by atoms with van der Waals surface area (Å²) in [4.78, 5) is 26.5. The summed E-state index contributed by atoms with van der Waals surface area (Å²) in [6.07, 6.45) is -0.308. The fourth-order valence-electron chi connectivity index (χ4n) is 2.27. The largest absolute Gasteiger partial charge is 0.464 e. The number of rotatable bonds is 8. The van der Waals surface area contributed by atoms with E-state index in [1.807, 2.05) is 0 Å². The molecule has 1 aliphatic heterocycles. The molecule has 8 nitrogen and oxygen atoms in total. The highest BCUT2D eigenvalue weighted by atomic mass is 16.6. The van der Waals surface area contributed by atoms with Gasteiger partial charge in [0.2, 0.25) is 0 Å². The number of esters is 1. The van der Waals surface area contributed by atoms with Crippen molar-refractivity contribution >= 4 is 12.1 Å². The van der Waals surface area contributed by atoms with Crippen LogP contribution < -0.4 is 0 Å². The van der Waals surface area contributed by atoms with Gasteiger partial charge in [-0.05, 0) is 27.7 Å². The molecule has 0 aromatic rings. The van der Waals surface area contributed by atoms with E-state index < -0.39 is 23.2 Å². The van der Waals surface area contributed by atoms with Crippen molar-refractivity contribution in [3.8, 4) is 0 Å². The van der Waals surface area contributed by atoms with E-state index in [1.165, 1.54) is 4.90 Å². The lowest BCUT2D eigenvalue weighted by atomic mass is 9.97. The van der Waals surface area contributed by atoms with Crippen LogP contribution in [0.1, 0.15) is 34.1 Å². The smallest absolute Gasteiger partial charge is 0.413 e. The van der Waals surface area contributed by atoms with E-state index in [-0.39, 0.29) is 26.6 Å². The predicted octanol–water partition coefficient (Wildman–Crippen LogP) is 1.57. The predicted molar refractivity (Wildman–Crippen MR) is 85.6 cm³/mol. The standard InChI is InChI=1S/C16H29NO7/c1-6-23-13(18)16(7-8-21-11-16)17(12-22-10-9-20-5)14(19)24-15(2,3)4/h6-12H2,1-5H3/t16-/m1/s1. The van der Waals surface area contributed by atoms with Gasteiger partial charge in [0.1, 0.15) is 12.3 Å². The summed E-state index contributed by atoms with van der Waals surface area (Å²) in [7, 11) is 1.56. The Morgan fingerprint density at radius 3 is 2.46 bits per heavy atom. The molecular weight excluding hydrogens is 318 g/mol. The van der Waals surface area contributed by atoms with Gasteiger partial charge in [-0.25, -0.2) is 9.59 Å². The average molecular weight is 347 g/mol. The summed E-state index contributed by atoms with van der Waals surface area (Å²) in [5.74, 6) is -0.510. The molecule has 1 aliphatic rings. The Balaban J connectivity index is 2.98. The third-order valence-corrected chi connectivity index (χ3v) is 3.44. The van der Waals surface area contributed by atoms with Crippen LogP contribution in [0, 0.1) is 0 Å². The van der Waals surface area contributed by atoms with Gasteiger partial charge >= 0.3 is 12.1 Å². The maximum absolute atomic E-state index is 12.7. The lowest BCUT2D eigenvalue weighted by Crippen LogP contribution is -2.60. The normalized spacial score (nSPS) is 20.7. The average Bonchev–Trinajstić information content (AvgIpc) is 2.96. The van der Waals surface area contributed by atoms with Crippen molar-refractivity contribution in [2.45, 2.75) is 45.3 Å². The zero-order valence-electron chi connectivity index (χ0n) is 15.3. The van der Waals surface area contributed by atoms with E-state index in [1.54, 1.807) is 34.8 Å². The minimum Gasteiger partial charge on any atom is -0.464 e. The van der Waals surface area contributed by atoms with Crippen LogP contribution in [-0.4, -0.2) is 75.0 Å². The Kier molecular flexibility index (Phi) is 7.92. The van der Waals surface area contributed by atoms with Crippen molar-refractivity contribution in [1.82, 2.24) is 4.90 Å². The number of hydrogen-bond donors (Lipinski definition) is 0. The van der Waals surface area contributed by atoms with E-state index in [2.05, 4.69) is 0 Å². The third-order valence-electron chi connectivity index (χ3n) is 3.44. The Morgan fingerprint density at radius 1 is 1.25 bits per heavy atom. The van der Waals surface area contributed by atoms with Crippen molar-refractivity contribution in [1.29, 1.82) is 0 Å². The Labute approximate surface area is 143 Å². The SMILES string of the molecule is CCOC(=O)[C@@]1(N(COCCOC)C(=O)OC(C)(C)C)CCOC1. The number of carbonyl (C=O) groups is 2. The van der Waals surface area contributed by atoms with Crippen LogP contribution >= 0.6 is 0 Å². The fourth-order valence-corrected chi connectivity index (χ4v) is 2.27. The molecule has 8 heteroatoms. The maximum Gasteiger partial charge on any atom is 0.413 e. The molecule has 1 heterocycles. The van der Waals surface area contributed by atoms with Crippen LogP contribution in [0.5, 0.6) is 0 Å². The molecule has 0 saturated carbocycles. The molecule has 0 spiro atoms. The lowest BCUT2D eigenvalue weighted by Gasteiger charge is -2.38. The number of methoxy groups -OCH3 is 1. The topological polar surface area (TPSA) is 83.5 Å². The molecule has 0 unspecified atom stereocenters. The van der Waals surface area contributed by atoms with Crippen molar-refractivity contribution in [3.63, 3.8) is 0 Å². The Bertz CT molecular complexity index is 413. The summed E-state index contributed by atoms with van der Waals surface area (Å²) < 4.78 is 26.4. The molecular formula is C16H29NO7. The first-order valence-corrected chi connectivity index (χ1v) is 8.09. The molecule has 0 radical (unpaired) electrons. The zero-order chi connectivity index (χ0) is 18.2. The second-order valence-electron chi connectivity index (χ2n) is 6.49. The van der Waals surface area contributed by atoms with Gasteiger partial charge in [0.05, 0.1) is 26.4 Å². The van der Waals surface area contributed by atoms with E-state index in [0.29, 0.717) is 19.6 Å². The van der Waals surface area contributed by atoms with Crippen molar-refractivity contribution in [3.05, 3.63) is 0 Å². The van der Waals surface area contributed by atoms with Crippen LogP contribution in [0.3, 0.4) is 0 Å². The van der Waals surface area contributed by atoms with Gasteiger partial charge in [0, 0.05) is 20.1 Å². The van der Waals surface area contributed by atoms with Crippen molar-refractivity contribution < 1.29 is 33.3 Å². The molecule has 24 heavy (non-hydrogen) atoms. The number of carbonyl (C=O) groups excluding carboxylic acids is 2. The fraction of sp³-hybridized carbons (Fsp3) is 0.875. The van der Waals surface area contributed by atoms with Gasteiger partial charge in [-0.1, -0.05) is 0 Å². The summed E-state index contributed by atoms with van der Waals surface area (Å²) in [6, 6.07) is 0. The van der Waals surface area contributed by atoms with Crippen LogP contribution in [0.4, 0.5) is 4.79 Å². The minimum atomic E-state index is -1.23. The Hall–Kier alpha value is -1.38. The number of hydrogen-bond acceptors (Lipinski definition) is 7. The molecule has 1 fully saturated rings. The van der Waals surface area contributed by atoms with E-state index in [0.717, 1.165) is 0 Å². The first-order valence-electron chi connectivity index (χ1n) is 8.09. The molecule has 0 aromatic carbocycles.